The van der Waals surface area contributed by atoms with Gasteiger partial charge >= 0.3 is 11.9 Å². The van der Waals surface area contributed by atoms with Gasteiger partial charge in [-0.1, -0.05) is 69.4 Å². The molecule has 1 aliphatic heterocycles. The molecule has 1 amide bonds. The largest absolute Gasteiger partial charge is 0.464 e. The van der Waals surface area contributed by atoms with E-state index in [2.05, 4.69) is 59.1 Å². The summed E-state index contributed by atoms with van der Waals surface area (Å²) in [5, 5.41) is 1.11. The zero-order valence-electron chi connectivity index (χ0n) is 23.0. The molecule has 4 atom stereocenters. The molecule has 0 bridgehead atoms. The van der Waals surface area contributed by atoms with Gasteiger partial charge in [-0.2, -0.15) is 0 Å². The summed E-state index contributed by atoms with van der Waals surface area (Å²) in [4.78, 5) is 38.9. The Morgan fingerprint density at radius 1 is 0.943 bits per heavy atom. The Morgan fingerprint density at radius 3 is 1.97 bits per heavy atom. The summed E-state index contributed by atoms with van der Waals surface area (Å²) in [6.45, 7) is 19.9. The maximum Gasteiger partial charge on any atom is 0.302 e. The molecular weight excluding hydrogens is 478 g/mol. The van der Waals surface area contributed by atoms with E-state index in [0.29, 0.717) is 6.54 Å². The van der Waals surface area contributed by atoms with Crippen LogP contribution in [0.1, 0.15) is 41.5 Å². The van der Waals surface area contributed by atoms with Crippen LogP contribution >= 0.6 is 0 Å². The lowest BCUT2D eigenvalue weighted by atomic mass is 9.95. The monoisotopic (exact) mass is 521 g/mol. The van der Waals surface area contributed by atoms with Crippen molar-refractivity contribution < 1.29 is 28.3 Å². The molecule has 1 saturated heterocycles. The minimum Gasteiger partial charge on any atom is -0.464 e. The van der Waals surface area contributed by atoms with Gasteiger partial charge in [0.15, 0.2) is 8.32 Å². The van der Waals surface area contributed by atoms with E-state index in [-0.39, 0.29) is 29.1 Å². The van der Waals surface area contributed by atoms with Crippen LogP contribution in [0.3, 0.4) is 0 Å². The molecule has 1 aromatic rings. The van der Waals surface area contributed by atoms with E-state index in [1.54, 1.807) is 4.90 Å². The third-order valence-electron chi connectivity index (χ3n) is 7.74. The fourth-order valence-corrected chi connectivity index (χ4v) is 9.09. The molecule has 0 spiro atoms. The minimum absolute atomic E-state index is 0.00793. The molecule has 0 aliphatic carbocycles. The SMILES string of the molecule is CC(=O)OC[C@@H]1[C@@H](O[Si](C)(C)C(C)(C)C)[C@H](OC(C)=O)[C@H]([Si](C)(C)c2ccccc2)CN1C(C)=O. The van der Waals surface area contributed by atoms with Crippen molar-refractivity contribution in [2.75, 3.05) is 13.2 Å². The number of esters is 2. The molecule has 0 unspecified atom stereocenters. The summed E-state index contributed by atoms with van der Waals surface area (Å²) in [5.74, 6) is -0.927. The van der Waals surface area contributed by atoms with Gasteiger partial charge in [-0.05, 0) is 18.1 Å². The van der Waals surface area contributed by atoms with Gasteiger partial charge in [0.25, 0.3) is 0 Å². The minimum atomic E-state index is -2.37. The van der Waals surface area contributed by atoms with Gasteiger partial charge in [-0.15, -0.1) is 0 Å². The Balaban J connectivity index is 2.69. The lowest BCUT2D eigenvalue weighted by Crippen LogP contribution is -2.69. The lowest BCUT2D eigenvalue weighted by molar-refractivity contribution is -0.169. The maximum atomic E-state index is 12.9. The van der Waals surface area contributed by atoms with Crippen molar-refractivity contribution in [2.24, 2.45) is 0 Å². The van der Waals surface area contributed by atoms with Crippen LogP contribution in [0.2, 0.25) is 36.8 Å². The summed E-state index contributed by atoms with van der Waals surface area (Å²) >= 11 is 0. The van der Waals surface area contributed by atoms with Gasteiger partial charge in [0.05, 0.1) is 14.1 Å². The second-order valence-electron chi connectivity index (χ2n) is 11.7. The fourth-order valence-electron chi connectivity index (χ4n) is 4.55. The van der Waals surface area contributed by atoms with Crippen LogP contribution in [0.5, 0.6) is 0 Å². The van der Waals surface area contributed by atoms with E-state index in [9.17, 15) is 14.4 Å². The van der Waals surface area contributed by atoms with Crippen molar-refractivity contribution in [2.45, 2.75) is 96.6 Å². The number of hydrogen-bond donors (Lipinski definition) is 0. The molecule has 0 N–H and O–H groups in total. The average Bonchev–Trinajstić information content (AvgIpc) is 2.72. The highest BCUT2D eigenvalue weighted by molar-refractivity contribution is 6.91. The van der Waals surface area contributed by atoms with Crippen molar-refractivity contribution in [1.29, 1.82) is 0 Å². The van der Waals surface area contributed by atoms with E-state index in [4.69, 9.17) is 13.9 Å². The summed E-state index contributed by atoms with van der Waals surface area (Å²) in [6, 6.07) is 9.70. The number of benzene rings is 1. The summed E-state index contributed by atoms with van der Waals surface area (Å²) in [5.41, 5.74) is -0.110. The molecule has 2 rings (SSSR count). The maximum absolute atomic E-state index is 12.9. The highest BCUT2D eigenvalue weighted by Gasteiger charge is 2.55. The van der Waals surface area contributed by atoms with E-state index in [1.807, 2.05) is 18.2 Å². The average molecular weight is 522 g/mol. The number of ether oxygens (including phenoxy) is 2. The van der Waals surface area contributed by atoms with Crippen molar-refractivity contribution in [3.8, 4) is 0 Å². The first kappa shape index (κ1) is 29.3. The number of hydrogen-bond acceptors (Lipinski definition) is 6. The second kappa shape index (κ2) is 11.0. The molecule has 1 heterocycles. The Bertz CT molecular complexity index is 912. The van der Waals surface area contributed by atoms with E-state index in [0.717, 1.165) is 0 Å². The first-order valence-corrected chi connectivity index (χ1v) is 18.3. The highest BCUT2D eigenvalue weighted by atomic mass is 28.4. The zero-order valence-corrected chi connectivity index (χ0v) is 25.0. The number of nitrogens with zero attached hydrogens (tertiary/aromatic N) is 1. The van der Waals surface area contributed by atoms with E-state index >= 15 is 0 Å². The number of likely N-dealkylation sites (tertiary alicyclic amines) is 1. The Hall–Kier alpha value is -1.98. The Morgan fingerprint density at radius 2 is 1.51 bits per heavy atom. The predicted octanol–water partition coefficient (Wildman–Crippen LogP) is 4.09. The van der Waals surface area contributed by atoms with Gasteiger partial charge in [0.1, 0.15) is 18.8 Å². The zero-order chi connectivity index (χ0) is 26.8. The predicted molar refractivity (Wildman–Crippen MR) is 143 cm³/mol. The van der Waals surface area contributed by atoms with Crippen LogP contribution < -0.4 is 5.19 Å². The molecule has 9 heteroatoms. The normalized spacial score (nSPS) is 23.5. The first-order chi connectivity index (χ1) is 16.0. The molecule has 0 aromatic heterocycles. The molecule has 35 heavy (non-hydrogen) atoms. The topological polar surface area (TPSA) is 82.1 Å². The van der Waals surface area contributed by atoms with Crippen LogP contribution in [-0.4, -0.2) is 70.5 Å². The number of piperidine rings is 1. The number of carbonyl (C=O) groups is 3. The Labute approximate surface area is 212 Å². The molecule has 7 nitrogen and oxygen atoms in total. The fraction of sp³-hybridized carbons (Fsp3) is 0.654. The van der Waals surface area contributed by atoms with Crippen LogP contribution in [0.4, 0.5) is 0 Å². The van der Waals surface area contributed by atoms with Gasteiger partial charge in [-0.25, -0.2) is 0 Å². The summed E-state index contributed by atoms with van der Waals surface area (Å²) in [7, 11) is -4.65. The number of rotatable bonds is 7. The molecule has 1 aliphatic rings. The Kier molecular flexibility index (Phi) is 9.16. The third kappa shape index (κ3) is 6.83. The quantitative estimate of drug-likeness (QED) is 0.397. The van der Waals surface area contributed by atoms with Crippen molar-refractivity contribution in [3.63, 3.8) is 0 Å². The second-order valence-corrected chi connectivity index (χ2v) is 21.2. The molecule has 0 saturated carbocycles. The third-order valence-corrected chi connectivity index (χ3v) is 16.4. The number of amides is 1. The standard InChI is InChI=1S/C26H43NO6Si2/c1-18(28)27-16-23(34(7,8)21-14-12-11-13-15-21)25(32-20(3)30)24(22(27)17-31-19(2)29)33-35(9,10)26(4,5)6/h11-15,22-25H,16-17H2,1-10H3/t22-,23-,24-,25-/m1/s1. The molecule has 1 fully saturated rings. The van der Waals surface area contributed by atoms with Crippen LogP contribution in [0.15, 0.2) is 30.3 Å². The van der Waals surface area contributed by atoms with Crippen molar-refractivity contribution in [3.05, 3.63) is 30.3 Å². The van der Waals surface area contributed by atoms with Crippen molar-refractivity contribution in [1.82, 2.24) is 4.90 Å². The molecule has 196 valence electrons. The van der Waals surface area contributed by atoms with Gasteiger partial charge in [0, 0.05) is 32.9 Å². The smallest absolute Gasteiger partial charge is 0.302 e. The lowest BCUT2D eigenvalue weighted by Gasteiger charge is -2.54. The van der Waals surface area contributed by atoms with Gasteiger partial charge in [0.2, 0.25) is 5.91 Å². The van der Waals surface area contributed by atoms with Crippen molar-refractivity contribution >= 4 is 39.4 Å². The highest BCUT2D eigenvalue weighted by Crippen LogP contribution is 2.43. The molecule has 0 radical (unpaired) electrons. The first-order valence-electron chi connectivity index (χ1n) is 12.3. The van der Waals surface area contributed by atoms with Gasteiger partial charge < -0.3 is 18.8 Å². The van der Waals surface area contributed by atoms with E-state index < -0.39 is 40.6 Å². The summed E-state index contributed by atoms with van der Waals surface area (Å²) in [6.07, 6.45) is -1.18. The van der Waals surface area contributed by atoms with Gasteiger partial charge in [-0.3, -0.25) is 14.4 Å². The van der Waals surface area contributed by atoms with E-state index in [1.165, 1.54) is 26.0 Å². The molecular formula is C26H43NO6Si2. The number of carbonyl (C=O) groups excluding carboxylic acids is 3. The molecule has 1 aromatic carbocycles. The van der Waals surface area contributed by atoms with Crippen LogP contribution in [0.25, 0.3) is 0 Å². The van der Waals surface area contributed by atoms with Crippen LogP contribution in [-0.2, 0) is 28.3 Å². The van der Waals surface area contributed by atoms with Crippen LogP contribution in [0, 0.1) is 0 Å². The summed E-state index contributed by atoms with van der Waals surface area (Å²) < 4.78 is 18.4.